The Hall–Kier alpha value is -0.810. The predicted molar refractivity (Wildman–Crippen MR) is 139 cm³/mol. The lowest BCUT2D eigenvalue weighted by molar-refractivity contribution is 0.127. The number of ether oxygens (including phenoxy) is 1. The van der Waals surface area contributed by atoms with Gasteiger partial charge in [0.25, 0.3) is 0 Å². The maximum atomic E-state index is 9.36. The molecule has 1 unspecified atom stereocenters. The van der Waals surface area contributed by atoms with Gasteiger partial charge < -0.3 is 25.4 Å². The van der Waals surface area contributed by atoms with E-state index in [0.29, 0.717) is 6.61 Å². The summed E-state index contributed by atoms with van der Waals surface area (Å²) in [6, 6.07) is 8.08. The number of halogens is 2. The van der Waals surface area contributed by atoms with Crippen LogP contribution in [0.15, 0.2) is 29.3 Å². The van der Waals surface area contributed by atoms with Crippen LogP contribution in [0.3, 0.4) is 0 Å². The molecule has 2 heterocycles. The van der Waals surface area contributed by atoms with Crippen molar-refractivity contribution in [2.75, 3.05) is 77.6 Å². The number of anilines is 1. The number of para-hydroxylation sites is 1. The van der Waals surface area contributed by atoms with Crippen LogP contribution in [0.5, 0.6) is 0 Å². The van der Waals surface area contributed by atoms with Crippen molar-refractivity contribution in [3.63, 3.8) is 0 Å². The Morgan fingerprint density at radius 3 is 2.65 bits per heavy atom. The fourth-order valence-electron chi connectivity index (χ4n) is 4.23. The maximum Gasteiger partial charge on any atom is 0.190 e. The Bertz CT molecular complexity index is 680. The van der Waals surface area contributed by atoms with E-state index in [1.54, 1.807) is 7.05 Å². The summed E-state index contributed by atoms with van der Waals surface area (Å²) >= 11 is 6.33. The number of benzene rings is 1. The van der Waals surface area contributed by atoms with Gasteiger partial charge in [-0.05, 0) is 37.9 Å². The van der Waals surface area contributed by atoms with Crippen LogP contribution in [0.2, 0.25) is 5.02 Å². The summed E-state index contributed by atoms with van der Waals surface area (Å²) in [6.45, 7) is 8.54. The van der Waals surface area contributed by atoms with E-state index >= 15 is 0 Å². The average Bonchev–Trinajstić information content (AvgIpc) is 3.23. The largest absolute Gasteiger partial charge is 0.396 e. The second-order valence-electron chi connectivity index (χ2n) is 8.26. The zero-order valence-corrected chi connectivity index (χ0v) is 21.6. The first kappa shape index (κ1) is 26.4. The van der Waals surface area contributed by atoms with E-state index < -0.39 is 0 Å². The number of aliphatic hydroxyl groups is 1. The van der Waals surface area contributed by atoms with Gasteiger partial charge in [0.15, 0.2) is 5.96 Å². The van der Waals surface area contributed by atoms with Crippen LogP contribution < -0.4 is 15.5 Å². The van der Waals surface area contributed by atoms with Gasteiger partial charge in [0.05, 0.1) is 17.3 Å². The molecule has 2 aliphatic rings. The molecule has 176 valence electrons. The minimum atomic E-state index is 0. The lowest BCUT2D eigenvalue weighted by atomic mass is 9.84. The molecule has 0 spiro atoms. The molecule has 0 aliphatic carbocycles. The van der Waals surface area contributed by atoms with Gasteiger partial charge in [-0.2, -0.15) is 0 Å². The quantitative estimate of drug-likeness (QED) is 0.185. The molecular weight excluding hydrogens is 529 g/mol. The van der Waals surface area contributed by atoms with E-state index in [1.807, 2.05) is 18.2 Å². The first-order valence-electron chi connectivity index (χ1n) is 11.0. The monoisotopic (exact) mass is 565 g/mol. The molecule has 0 amide bonds. The second kappa shape index (κ2) is 13.7. The highest BCUT2D eigenvalue weighted by molar-refractivity contribution is 14.0. The van der Waals surface area contributed by atoms with Crippen LogP contribution >= 0.6 is 35.6 Å². The third-order valence-corrected chi connectivity index (χ3v) is 6.51. The molecule has 1 aromatic rings. The summed E-state index contributed by atoms with van der Waals surface area (Å²) in [6.07, 6.45) is 2.81. The molecule has 2 saturated heterocycles. The van der Waals surface area contributed by atoms with Crippen molar-refractivity contribution in [3.8, 4) is 0 Å². The number of hydrogen-bond donors (Lipinski definition) is 3. The van der Waals surface area contributed by atoms with Gasteiger partial charge in [-0.15, -0.1) is 24.0 Å². The van der Waals surface area contributed by atoms with Gasteiger partial charge in [-0.1, -0.05) is 23.7 Å². The number of aliphatic imine (C=N–C) groups is 1. The lowest BCUT2D eigenvalue weighted by Crippen LogP contribution is -2.47. The minimum absolute atomic E-state index is 0. The number of hydrogen-bond acceptors (Lipinski definition) is 5. The summed E-state index contributed by atoms with van der Waals surface area (Å²) < 4.78 is 5.56. The number of nitrogens with one attached hydrogen (secondary N) is 2. The molecule has 1 atom stereocenters. The van der Waals surface area contributed by atoms with E-state index in [0.717, 1.165) is 88.4 Å². The molecule has 3 N–H and O–H groups in total. The molecule has 31 heavy (non-hydrogen) atoms. The van der Waals surface area contributed by atoms with Crippen LogP contribution in [-0.2, 0) is 4.74 Å². The zero-order valence-electron chi connectivity index (χ0n) is 18.5. The van der Waals surface area contributed by atoms with Gasteiger partial charge in [0.2, 0.25) is 0 Å². The van der Waals surface area contributed by atoms with Crippen molar-refractivity contribution in [1.82, 2.24) is 15.5 Å². The van der Waals surface area contributed by atoms with Crippen molar-refractivity contribution < 1.29 is 9.84 Å². The first-order chi connectivity index (χ1) is 14.7. The Morgan fingerprint density at radius 2 is 2.00 bits per heavy atom. The van der Waals surface area contributed by atoms with E-state index in [1.165, 1.54) is 0 Å². The number of aliphatic hydroxyl groups excluding tert-OH is 1. The van der Waals surface area contributed by atoms with Crippen molar-refractivity contribution in [2.24, 2.45) is 10.4 Å². The first-order valence-corrected chi connectivity index (χ1v) is 11.4. The van der Waals surface area contributed by atoms with E-state index in [-0.39, 0.29) is 36.0 Å². The number of rotatable bonds is 9. The van der Waals surface area contributed by atoms with Gasteiger partial charge in [-0.25, -0.2) is 0 Å². The molecule has 0 aromatic heterocycles. The topological polar surface area (TPSA) is 72.4 Å². The third kappa shape index (κ3) is 7.92. The zero-order chi connectivity index (χ0) is 21.2. The highest BCUT2D eigenvalue weighted by Gasteiger charge is 2.34. The van der Waals surface area contributed by atoms with E-state index in [9.17, 15) is 5.11 Å². The van der Waals surface area contributed by atoms with Crippen molar-refractivity contribution in [3.05, 3.63) is 29.3 Å². The average molecular weight is 566 g/mol. The summed E-state index contributed by atoms with van der Waals surface area (Å²) in [5, 5.41) is 17.0. The smallest absolute Gasteiger partial charge is 0.190 e. The molecule has 7 nitrogen and oxygen atoms in total. The van der Waals surface area contributed by atoms with Crippen LogP contribution in [-0.4, -0.2) is 88.6 Å². The summed E-state index contributed by atoms with van der Waals surface area (Å²) in [5.41, 5.74) is 1.16. The maximum absolute atomic E-state index is 9.36. The molecule has 2 aliphatic heterocycles. The summed E-state index contributed by atoms with van der Waals surface area (Å²) in [7, 11) is 1.80. The van der Waals surface area contributed by atoms with E-state index in [2.05, 4.69) is 31.5 Å². The fraction of sp³-hybridized carbons (Fsp3) is 0.682. The lowest BCUT2D eigenvalue weighted by Gasteiger charge is -2.36. The van der Waals surface area contributed by atoms with Gasteiger partial charge >= 0.3 is 0 Å². The molecule has 0 radical (unpaired) electrons. The number of piperazine rings is 1. The SMILES string of the molecule is CN=C(NCCCN1CCN(c2ccccc2Cl)CC1)NCC1(CCO)CCOC1.I. The van der Waals surface area contributed by atoms with Crippen LogP contribution in [0.1, 0.15) is 19.3 Å². The van der Waals surface area contributed by atoms with E-state index in [4.69, 9.17) is 16.3 Å². The number of guanidine groups is 1. The standard InChI is InChI=1S/C22H36ClN5O2.HI/c1-24-21(26-17-22(7-15-29)8-16-30-18-22)25-9-4-10-27-11-13-28(14-12-27)20-6-3-2-5-19(20)23;/h2-3,5-6,29H,4,7-18H2,1H3,(H2,24,25,26);1H. The number of nitrogens with zero attached hydrogens (tertiary/aromatic N) is 3. The summed E-state index contributed by atoms with van der Waals surface area (Å²) in [5.74, 6) is 0.822. The summed E-state index contributed by atoms with van der Waals surface area (Å²) in [4.78, 5) is 9.22. The molecule has 0 saturated carbocycles. The minimum Gasteiger partial charge on any atom is -0.396 e. The Balaban J connectivity index is 0.00000341. The second-order valence-corrected chi connectivity index (χ2v) is 8.67. The Labute approximate surface area is 208 Å². The normalized spacial score (nSPS) is 22.3. The molecule has 3 rings (SSSR count). The molecule has 1 aromatic carbocycles. The van der Waals surface area contributed by atoms with Gasteiger partial charge in [0, 0.05) is 64.9 Å². The predicted octanol–water partition coefficient (Wildman–Crippen LogP) is 2.42. The Morgan fingerprint density at radius 1 is 1.23 bits per heavy atom. The molecular formula is C22H37ClIN5O2. The van der Waals surface area contributed by atoms with Gasteiger partial charge in [-0.3, -0.25) is 9.89 Å². The van der Waals surface area contributed by atoms with Crippen LogP contribution in [0, 0.1) is 5.41 Å². The molecule has 0 bridgehead atoms. The van der Waals surface area contributed by atoms with Crippen LogP contribution in [0.25, 0.3) is 0 Å². The molecule has 2 fully saturated rings. The fourth-order valence-corrected chi connectivity index (χ4v) is 4.49. The Kier molecular flexibility index (Phi) is 11.7. The van der Waals surface area contributed by atoms with Crippen molar-refractivity contribution in [1.29, 1.82) is 0 Å². The molecule has 9 heteroatoms. The highest BCUT2D eigenvalue weighted by atomic mass is 127. The highest BCUT2D eigenvalue weighted by Crippen LogP contribution is 2.31. The van der Waals surface area contributed by atoms with Crippen molar-refractivity contribution in [2.45, 2.75) is 19.3 Å². The van der Waals surface area contributed by atoms with Gasteiger partial charge in [0.1, 0.15) is 0 Å². The van der Waals surface area contributed by atoms with Crippen LogP contribution in [0.4, 0.5) is 5.69 Å². The van der Waals surface area contributed by atoms with Crippen molar-refractivity contribution >= 4 is 47.2 Å². The third-order valence-electron chi connectivity index (χ3n) is 6.19.